The number of carbonyl (C=O) groups excluding carboxylic acids is 1. The molecule has 0 atom stereocenters. The van der Waals surface area contributed by atoms with Gasteiger partial charge in [-0.15, -0.1) is 0 Å². The number of amides is 1. The van der Waals surface area contributed by atoms with Crippen LogP contribution in [0.15, 0.2) is 42.6 Å². The molecule has 194 valence electrons. The molecule has 1 aliphatic heterocycles. The summed E-state index contributed by atoms with van der Waals surface area (Å²) in [7, 11) is 0. The number of benzene rings is 2. The number of likely N-dealkylation sites (N-methyl/N-ethyl adjacent to an activating group) is 1. The first-order valence-corrected chi connectivity index (χ1v) is 12.3. The molecule has 0 unspecified atom stereocenters. The Morgan fingerprint density at radius 1 is 1.11 bits per heavy atom. The maximum atomic E-state index is 13.6. The lowest BCUT2D eigenvalue weighted by Crippen LogP contribution is -2.44. The van der Waals surface area contributed by atoms with Crippen molar-refractivity contribution >= 4 is 45.5 Å². The number of hydrogen-bond donors (Lipinski definition) is 0. The van der Waals surface area contributed by atoms with Gasteiger partial charge in [-0.1, -0.05) is 13.8 Å². The maximum absolute atomic E-state index is 13.6. The molecule has 4 rings (SSSR count). The van der Waals surface area contributed by atoms with Crippen LogP contribution in [0, 0.1) is 11.3 Å². The molecule has 0 aliphatic carbocycles. The van der Waals surface area contributed by atoms with Gasteiger partial charge in [-0.25, -0.2) is 0 Å². The Labute approximate surface area is 218 Å². The highest BCUT2D eigenvalue weighted by atomic mass is 32.1. The molecule has 0 saturated carbocycles. The van der Waals surface area contributed by atoms with Crippen LogP contribution in [0.1, 0.15) is 38.8 Å². The lowest BCUT2D eigenvalue weighted by molar-refractivity contribution is -0.137. The van der Waals surface area contributed by atoms with Gasteiger partial charge in [0.15, 0.2) is 5.11 Å². The summed E-state index contributed by atoms with van der Waals surface area (Å²) in [5.41, 5.74) is -1.41. The van der Waals surface area contributed by atoms with Gasteiger partial charge >= 0.3 is 6.18 Å². The topological polar surface area (TPSA) is 68.4 Å². The number of fused-ring (bicyclic) bond motifs is 1. The standard InChI is InChI=1S/C26H27F3N6OS/c1-5-32(6-2)11-12-33-16-18-13-20(9-10-22(18)31-33)35-24(37)34(23(36)25(35,3)4)19-8-7-17(15-30)21(14-19)26(27,28)29/h7-10,13-14,16H,5-6,11-12H2,1-4H3. The van der Waals surface area contributed by atoms with Crippen molar-refractivity contribution in [3.05, 3.63) is 53.7 Å². The zero-order valence-electron chi connectivity index (χ0n) is 21.0. The molecule has 1 aromatic heterocycles. The summed E-state index contributed by atoms with van der Waals surface area (Å²) < 4.78 is 42.6. The van der Waals surface area contributed by atoms with Crippen LogP contribution in [-0.2, 0) is 17.5 Å². The van der Waals surface area contributed by atoms with Crippen LogP contribution in [0.3, 0.4) is 0 Å². The highest BCUT2D eigenvalue weighted by Gasteiger charge is 2.50. The predicted octanol–water partition coefficient (Wildman–Crippen LogP) is 5.19. The third kappa shape index (κ3) is 4.79. The minimum Gasteiger partial charge on any atom is -0.304 e. The maximum Gasteiger partial charge on any atom is 0.417 e. The molecular weight excluding hydrogens is 501 g/mol. The largest absolute Gasteiger partial charge is 0.417 e. The number of anilines is 2. The molecule has 0 spiro atoms. The number of alkyl halides is 3. The lowest BCUT2D eigenvalue weighted by atomic mass is 10.0. The van der Waals surface area contributed by atoms with E-state index in [-0.39, 0.29) is 10.8 Å². The van der Waals surface area contributed by atoms with E-state index in [0.29, 0.717) is 5.69 Å². The summed E-state index contributed by atoms with van der Waals surface area (Å²) in [6.07, 6.45) is -2.82. The molecule has 11 heteroatoms. The Balaban J connectivity index is 1.69. The second kappa shape index (κ2) is 9.76. The molecule has 1 amide bonds. The van der Waals surface area contributed by atoms with Gasteiger partial charge in [-0.05, 0) is 75.6 Å². The van der Waals surface area contributed by atoms with Crippen LogP contribution in [0.4, 0.5) is 24.5 Å². The Morgan fingerprint density at radius 3 is 2.41 bits per heavy atom. The summed E-state index contributed by atoms with van der Waals surface area (Å²) in [5, 5.41) is 14.7. The highest BCUT2D eigenvalue weighted by Crippen LogP contribution is 2.40. The fourth-order valence-corrected chi connectivity index (χ4v) is 5.08. The van der Waals surface area contributed by atoms with Crippen molar-refractivity contribution in [2.45, 2.75) is 46.0 Å². The number of aromatic nitrogens is 2. The molecule has 1 saturated heterocycles. The molecule has 37 heavy (non-hydrogen) atoms. The molecule has 0 N–H and O–H groups in total. The van der Waals surface area contributed by atoms with E-state index in [4.69, 9.17) is 17.5 Å². The van der Waals surface area contributed by atoms with E-state index in [1.54, 1.807) is 30.9 Å². The number of hydrogen-bond acceptors (Lipinski definition) is 5. The van der Waals surface area contributed by atoms with E-state index in [1.165, 1.54) is 6.07 Å². The Bertz CT molecular complexity index is 1400. The Hall–Kier alpha value is -3.49. The van der Waals surface area contributed by atoms with E-state index in [1.807, 2.05) is 23.0 Å². The number of thiocarbonyl (C=S) groups is 1. The normalized spacial score (nSPS) is 15.8. The van der Waals surface area contributed by atoms with Gasteiger partial charge in [0.2, 0.25) is 0 Å². The molecule has 3 aromatic rings. The first-order valence-electron chi connectivity index (χ1n) is 11.9. The molecule has 2 heterocycles. The summed E-state index contributed by atoms with van der Waals surface area (Å²) in [4.78, 5) is 18.5. The van der Waals surface area contributed by atoms with Crippen LogP contribution in [0.5, 0.6) is 0 Å². The Morgan fingerprint density at radius 2 is 1.78 bits per heavy atom. The number of carbonyl (C=O) groups is 1. The van der Waals surface area contributed by atoms with Gasteiger partial charge < -0.3 is 9.80 Å². The van der Waals surface area contributed by atoms with Crippen molar-refractivity contribution < 1.29 is 18.0 Å². The predicted molar refractivity (Wildman–Crippen MR) is 140 cm³/mol. The fourth-order valence-electron chi connectivity index (χ4n) is 4.56. The third-order valence-electron chi connectivity index (χ3n) is 6.69. The van der Waals surface area contributed by atoms with E-state index in [2.05, 4.69) is 23.8 Å². The minimum absolute atomic E-state index is 0.0396. The fraction of sp³-hybridized carbons (Fsp3) is 0.385. The molecule has 1 fully saturated rings. The average molecular weight is 529 g/mol. The van der Waals surface area contributed by atoms with Crippen LogP contribution in [-0.4, -0.2) is 50.9 Å². The SMILES string of the molecule is CCN(CC)CCn1cc2cc(N3C(=S)N(c4ccc(C#N)c(C(F)(F)F)c4)C(=O)C3(C)C)ccc2n1. The third-order valence-corrected chi connectivity index (χ3v) is 7.05. The number of rotatable bonds is 7. The van der Waals surface area contributed by atoms with Crippen molar-refractivity contribution in [2.24, 2.45) is 0 Å². The monoisotopic (exact) mass is 528 g/mol. The lowest BCUT2D eigenvalue weighted by Gasteiger charge is -2.29. The summed E-state index contributed by atoms with van der Waals surface area (Å²) in [5.74, 6) is -0.467. The van der Waals surface area contributed by atoms with E-state index < -0.39 is 28.7 Å². The minimum atomic E-state index is -4.75. The zero-order chi connectivity index (χ0) is 27.1. The van der Waals surface area contributed by atoms with Crippen molar-refractivity contribution in [1.82, 2.24) is 14.7 Å². The highest BCUT2D eigenvalue weighted by molar-refractivity contribution is 7.81. The average Bonchev–Trinajstić information content (AvgIpc) is 3.33. The zero-order valence-corrected chi connectivity index (χ0v) is 21.8. The van der Waals surface area contributed by atoms with Crippen LogP contribution < -0.4 is 9.80 Å². The van der Waals surface area contributed by atoms with E-state index in [0.717, 1.165) is 54.1 Å². The first-order chi connectivity index (χ1) is 17.4. The Kier molecular flexibility index (Phi) is 7.01. The first kappa shape index (κ1) is 26.6. The number of halogens is 3. The van der Waals surface area contributed by atoms with Crippen molar-refractivity contribution in [3.63, 3.8) is 0 Å². The van der Waals surface area contributed by atoms with Crippen molar-refractivity contribution in [2.75, 3.05) is 29.4 Å². The van der Waals surface area contributed by atoms with Gasteiger partial charge in [0.1, 0.15) is 5.54 Å². The van der Waals surface area contributed by atoms with Crippen molar-refractivity contribution in [3.8, 4) is 6.07 Å². The van der Waals surface area contributed by atoms with Crippen LogP contribution in [0.25, 0.3) is 10.9 Å². The van der Waals surface area contributed by atoms with Crippen LogP contribution in [0.2, 0.25) is 0 Å². The summed E-state index contributed by atoms with van der Waals surface area (Å²) in [6.45, 7) is 11.1. The molecule has 7 nitrogen and oxygen atoms in total. The van der Waals surface area contributed by atoms with Crippen molar-refractivity contribution in [1.29, 1.82) is 5.26 Å². The second-order valence-corrected chi connectivity index (χ2v) is 9.68. The van der Waals surface area contributed by atoms with E-state index in [9.17, 15) is 18.0 Å². The smallest absolute Gasteiger partial charge is 0.304 e. The number of nitrogens with zero attached hydrogens (tertiary/aromatic N) is 6. The summed E-state index contributed by atoms with van der Waals surface area (Å²) in [6, 6.07) is 10.2. The molecule has 1 aliphatic rings. The molecule has 0 radical (unpaired) electrons. The molecular formula is C26H27F3N6OS. The molecule has 0 bridgehead atoms. The summed E-state index contributed by atoms with van der Waals surface area (Å²) >= 11 is 5.63. The quantitative estimate of drug-likeness (QED) is 0.394. The van der Waals surface area contributed by atoms with Crippen LogP contribution >= 0.6 is 12.2 Å². The van der Waals surface area contributed by atoms with Gasteiger partial charge in [0.25, 0.3) is 5.91 Å². The van der Waals surface area contributed by atoms with Gasteiger partial charge in [-0.2, -0.15) is 23.5 Å². The van der Waals surface area contributed by atoms with E-state index >= 15 is 0 Å². The molecule has 2 aromatic carbocycles. The second-order valence-electron chi connectivity index (χ2n) is 9.32. The van der Waals surface area contributed by atoms with Gasteiger partial charge in [-0.3, -0.25) is 14.4 Å². The number of nitriles is 1. The van der Waals surface area contributed by atoms with Gasteiger partial charge in [0.05, 0.1) is 34.9 Å². The van der Waals surface area contributed by atoms with Gasteiger partial charge in [0, 0.05) is 23.8 Å².